The third kappa shape index (κ3) is 6.85. The first-order valence-electron chi connectivity index (χ1n) is 11.1. The van der Waals surface area contributed by atoms with E-state index in [1.54, 1.807) is 0 Å². The van der Waals surface area contributed by atoms with Crippen molar-refractivity contribution in [2.75, 3.05) is 44.6 Å². The third-order valence-corrected chi connectivity index (χ3v) is 6.34. The van der Waals surface area contributed by atoms with Gasteiger partial charge in [0.1, 0.15) is 0 Å². The molecule has 174 valence electrons. The van der Waals surface area contributed by atoms with Gasteiger partial charge in [-0.2, -0.15) is 0 Å². The Kier molecular flexibility index (Phi) is 7.69. The molecule has 0 bridgehead atoms. The first-order chi connectivity index (χ1) is 15.0. The smallest absolute Gasteiger partial charge is 0.240 e. The van der Waals surface area contributed by atoms with Crippen molar-refractivity contribution in [2.45, 2.75) is 47.1 Å². The number of nitrogens with one attached hydrogen (secondary N) is 2. The molecular formula is C24H35N5O2S. The zero-order chi connectivity index (χ0) is 23.5. The molecule has 2 N–H and O–H groups in total. The number of hydrogen-bond acceptors (Lipinski definition) is 6. The molecule has 0 saturated carbocycles. The van der Waals surface area contributed by atoms with Gasteiger partial charge in [0.2, 0.25) is 11.8 Å². The molecule has 8 heteroatoms. The van der Waals surface area contributed by atoms with E-state index in [0.717, 1.165) is 37.4 Å². The number of hydrogen-bond donors (Lipinski definition) is 2. The molecule has 0 radical (unpaired) electrons. The summed E-state index contributed by atoms with van der Waals surface area (Å²) < 4.78 is 0. The van der Waals surface area contributed by atoms with Crippen molar-refractivity contribution in [3.05, 3.63) is 34.2 Å². The number of benzene rings is 1. The molecule has 2 aromatic rings. The number of aromatic nitrogens is 1. The summed E-state index contributed by atoms with van der Waals surface area (Å²) in [6.45, 7) is 16.1. The van der Waals surface area contributed by atoms with Crippen molar-refractivity contribution < 1.29 is 9.59 Å². The van der Waals surface area contributed by atoms with Crippen LogP contribution in [0.25, 0.3) is 11.3 Å². The van der Waals surface area contributed by atoms with E-state index in [1.165, 1.54) is 28.0 Å². The Labute approximate surface area is 195 Å². The van der Waals surface area contributed by atoms with Gasteiger partial charge in [-0.3, -0.25) is 19.4 Å². The molecular weight excluding hydrogens is 422 g/mol. The number of amides is 2. The fourth-order valence-electron chi connectivity index (χ4n) is 3.82. The van der Waals surface area contributed by atoms with E-state index in [9.17, 15) is 9.59 Å². The Morgan fingerprint density at radius 2 is 1.50 bits per heavy atom. The molecule has 0 spiro atoms. The summed E-state index contributed by atoms with van der Waals surface area (Å²) in [5.41, 5.74) is 5.47. The zero-order valence-corrected chi connectivity index (χ0v) is 20.9. The molecule has 1 fully saturated rings. The molecule has 1 aliphatic rings. The fourth-order valence-corrected chi connectivity index (χ4v) is 4.55. The van der Waals surface area contributed by atoms with Crippen LogP contribution in [0.4, 0.5) is 5.13 Å². The number of thiazole rings is 1. The summed E-state index contributed by atoms with van der Waals surface area (Å²) in [5, 5.41) is 8.56. The third-order valence-electron chi connectivity index (χ3n) is 5.58. The summed E-state index contributed by atoms with van der Waals surface area (Å²) in [5.74, 6) is -0.0103. The highest BCUT2D eigenvalue weighted by Crippen LogP contribution is 2.29. The number of aryl methyl sites for hydroxylation is 3. The highest BCUT2D eigenvalue weighted by atomic mass is 32.1. The first-order valence-corrected chi connectivity index (χ1v) is 12.0. The number of carbonyl (C=O) groups is 2. The van der Waals surface area contributed by atoms with E-state index in [-0.39, 0.29) is 17.4 Å². The van der Waals surface area contributed by atoms with E-state index in [2.05, 4.69) is 58.3 Å². The Hall–Kier alpha value is -2.29. The predicted molar refractivity (Wildman–Crippen MR) is 131 cm³/mol. The van der Waals surface area contributed by atoms with Crippen molar-refractivity contribution in [1.29, 1.82) is 0 Å². The maximum absolute atomic E-state index is 12.5. The molecule has 1 aliphatic heterocycles. The number of carbonyl (C=O) groups excluding carboxylic acids is 2. The molecule has 0 aliphatic carbocycles. The van der Waals surface area contributed by atoms with Gasteiger partial charge in [-0.1, -0.05) is 6.07 Å². The molecule has 2 heterocycles. The van der Waals surface area contributed by atoms with Crippen molar-refractivity contribution in [1.82, 2.24) is 20.1 Å². The number of nitrogens with zero attached hydrogens (tertiary/aromatic N) is 3. The van der Waals surface area contributed by atoms with Gasteiger partial charge in [0.05, 0.1) is 18.8 Å². The number of anilines is 1. The van der Waals surface area contributed by atoms with Crippen LogP contribution in [-0.4, -0.2) is 71.4 Å². The van der Waals surface area contributed by atoms with Crippen LogP contribution in [0.2, 0.25) is 0 Å². The van der Waals surface area contributed by atoms with Crippen LogP contribution in [0.3, 0.4) is 0 Å². The van der Waals surface area contributed by atoms with Crippen molar-refractivity contribution >= 4 is 28.3 Å². The minimum Gasteiger partial charge on any atom is -0.350 e. The van der Waals surface area contributed by atoms with Crippen LogP contribution < -0.4 is 10.6 Å². The van der Waals surface area contributed by atoms with Gasteiger partial charge >= 0.3 is 0 Å². The lowest BCUT2D eigenvalue weighted by Crippen LogP contribution is -2.52. The second kappa shape index (κ2) is 10.1. The summed E-state index contributed by atoms with van der Waals surface area (Å²) in [6, 6.07) is 4.33. The van der Waals surface area contributed by atoms with E-state index >= 15 is 0 Å². The van der Waals surface area contributed by atoms with Crippen LogP contribution in [0, 0.1) is 20.8 Å². The molecule has 1 saturated heterocycles. The van der Waals surface area contributed by atoms with Gasteiger partial charge in [-0.05, 0) is 64.3 Å². The maximum Gasteiger partial charge on any atom is 0.240 e. The van der Waals surface area contributed by atoms with Crippen LogP contribution in [0.15, 0.2) is 17.5 Å². The molecule has 2 amide bonds. The molecule has 0 unspecified atom stereocenters. The van der Waals surface area contributed by atoms with E-state index in [4.69, 9.17) is 0 Å². The van der Waals surface area contributed by atoms with E-state index < -0.39 is 0 Å². The minimum absolute atomic E-state index is 0.0438. The Balaban J connectivity index is 1.47. The quantitative estimate of drug-likeness (QED) is 0.697. The average molecular weight is 458 g/mol. The monoisotopic (exact) mass is 457 g/mol. The van der Waals surface area contributed by atoms with Gasteiger partial charge in [0, 0.05) is 42.7 Å². The Morgan fingerprint density at radius 1 is 0.938 bits per heavy atom. The van der Waals surface area contributed by atoms with Gasteiger partial charge in [-0.15, -0.1) is 11.3 Å². The maximum atomic E-state index is 12.5. The van der Waals surface area contributed by atoms with Crippen molar-refractivity contribution in [3.8, 4) is 11.3 Å². The van der Waals surface area contributed by atoms with Crippen LogP contribution in [0.1, 0.15) is 37.5 Å². The van der Waals surface area contributed by atoms with Gasteiger partial charge in [-0.25, -0.2) is 4.98 Å². The predicted octanol–water partition coefficient (Wildman–Crippen LogP) is 3.21. The van der Waals surface area contributed by atoms with Crippen LogP contribution >= 0.6 is 11.3 Å². The van der Waals surface area contributed by atoms with Crippen molar-refractivity contribution in [2.24, 2.45) is 0 Å². The molecule has 32 heavy (non-hydrogen) atoms. The highest BCUT2D eigenvalue weighted by Gasteiger charge is 2.22. The fraction of sp³-hybridized carbons (Fsp3) is 0.542. The first kappa shape index (κ1) is 24.4. The van der Waals surface area contributed by atoms with Crippen LogP contribution in [0.5, 0.6) is 0 Å². The number of piperazine rings is 1. The second-order valence-corrected chi connectivity index (χ2v) is 10.5. The molecule has 1 aromatic carbocycles. The summed E-state index contributed by atoms with van der Waals surface area (Å²) >= 11 is 1.45. The standard InChI is InChI=1S/C24H35N5O2S/c1-16-11-18(3)19(12-17(16)2)20-15-32-23(25-20)26-21(30)13-28-7-9-29(10-8-28)14-22(31)27-24(4,5)6/h11-12,15H,7-10,13-14H2,1-6H3,(H,27,31)(H,25,26,30). The lowest BCUT2D eigenvalue weighted by Gasteiger charge is -2.34. The highest BCUT2D eigenvalue weighted by molar-refractivity contribution is 7.14. The normalized spacial score (nSPS) is 15.6. The topological polar surface area (TPSA) is 77.6 Å². The average Bonchev–Trinajstić information content (AvgIpc) is 3.12. The van der Waals surface area contributed by atoms with Gasteiger partial charge < -0.3 is 10.6 Å². The largest absolute Gasteiger partial charge is 0.350 e. The Bertz CT molecular complexity index is 971. The second-order valence-electron chi connectivity index (χ2n) is 9.69. The van der Waals surface area contributed by atoms with Crippen LogP contribution in [-0.2, 0) is 9.59 Å². The zero-order valence-electron chi connectivity index (χ0n) is 20.0. The van der Waals surface area contributed by atoms with Crippen molar-refractivity contribution in [3.63, 3.8) is 0 Å². The van der Waals surface area contributed by atoms with Gasteiger partial charge in [0.15, 0.2) is 5.13 Å². The lowest BCUT2D eigenvalue weighted by atomic mass is 9.99. The van der Waals surface area contributed by atoms with E-state index in [1.807, 2.05) is 26.2 Å². The molecule has 0 atom stereocenters. The molecule has 7 nitrogen and oxygen atoms in total. The number of rotatable bonds is 6. The SMILES string of the molecule is Cc1cc(C)c(-c2csc(NC(=O)CN3CCN(CC(=O)NC(C)(C)C)CC3)n2)cc1C. The van der Waals surface area contributed by atoms with Gasteiger partial charge in [0.25, 0.3) is 0 Å². The molecule has 1 aromatic heterocycles. The minimum atomic E-state index is -0.219. The Morgan fingerprint density at radius 3 is 2.09 bits per heavy atom. The lowest BCUT2D eigenvalue weighted by molar-refractivity contribution is -0.124. The van der Waals surface area contributed by atoms with E-state index in [0.29, 0.717) is 18.2 Å². The molecule has 3 rings (SSSR count). The summed E-state index contributed by atoms with van der Waals surface area (Å²) in [4.78, 5) is 33.5. The summed E-state index contributed by atoms with van der Waals surface area (Å²) in [6.07, 6.45) is 0. The summed E-state index contributed by atoms with van der Waals surface area (Å²) in [7, 11) is 0.